The first-order valence-electron chi connectivity index (χ1n) is 5.95. The molecule has 102 valence electrons. The van der Waals surface area contributed by atoms with Gasteiger partial charge in [0.25, 0.3) is 0 Å². The standard InChI is InChI=1S/C11H19N3O4/c1-7(11(17)18)13-5-9(15)14-4-2-3-8(6-14)10(12)16/h7-8,13H,2-6H2,1H3,(H2,12,16)(H,17,18)/t7-,8?/m1/s1. The van der Waals surface area contributed by atoms with Crippen LogP contribution in [0.3, 0.4) is 0 Å². The van der Waals surface area contributed by atoms with Gasteiger partial charge in [0.1, 0.15) is 6.04 Å². The van der Waals surface area contributed by atoms with Crippen molar-refractivity contribution in [2.75, 3.05) is 19.6 Å². The second-order valence-corrected chi connectivity index (χ2v) is 4.52. The Kier molecular flexibility index (Phi) is 5.08. The van der Waals surface area contributed by atoms with Crippen molar-refractivity contribution in [3.8, 4) is 0 Å². The van der Waals surface area contributed by atoms with Crippen LogP contribution >= 0.6 is 0 Å². The van der Waals surface area contributed by atoms with Gasteiger partial charge in [0.15, 0.2) is 0 Å². The molecular weight excluding hydrogens is 238 g/mol. The van der Waals surface area contributed by atoms with Gasteiger partial charge in [-0.15, -0.1) is 0 Å². The molecule has 4 N–H and O–H groups in total. The largest absolute Gasteiger partial charge is 0.480 e. The van der Waals surface area contributed by atoms with E-state index in [1.54, 1.807) is 4.90 Å². The van der Waals surface area contributed by atoms with E-state index in [9.17, 15) is 14.4 Å². The average molecular weight is 257 g/mol. The molecule has 1 unspecified atom stereocenters. The Bertz CT molecular complexity index is 345. The molecule has 1 aliphatic heterocycles. The van der Waals surface area contributed by atoms with Gasteiger partial charge in [-0.25, -0.2) is 0 Å². The molecule has 1 fully saturated rings. The lowest BCUT2D eigenvalue weighted by Gasteiger charge is -2.31. The van der Waals surface area contributed by atoms with Crippen molar-refractivity contribution in [1.82, 2.24) is 10.2 Å². The van der Waals surface area contributed by atoms with Crippen LogP contribution in [-0.2, 0) is 14.4 Å². The van der Waals surface area contributed by atoms with Gasteiger partial charge in [0.05, 0.1) is 12.5 Å². The number of primary amides is 1. The number of likely N-dealkylation sites (tertiary alicyclic amines) is 1. The highest BCUT2D eigenvalue weighted by Crippen LogP contribution is 2.15. The molecule has 7 nitrogen and oxygen atoms in total. The van der Waals surface area contributed by atoms with E-state index in [1.807, 2.05) is 0 Å². The number of carboxylic acid groups (broad SMARTS) is 1. The van der Waals surface area contributed by atoms with Gasteiger partial charge in [-0.2, -0.15) is 0 Å². The first-order chi connectivity index (χ1) is 8.41. The second-order valence-electron chi connectivity index (χ2n) is 4.52. The molecule has 7 heteroatoms. The molecule has 1 saturated heterocycles. The number of carboxylic acids is 1. The Balaban J connectivity index is 2.42. The lowest BCUT2D eigenvalue weighted by atomic mass is 9.97. The number of carbonyl (C=O) groups is 3. The van der Waals surface area contributed by atoms with E-state index in [0.717, 1.165) is 6.42 Å². The fraction of sp³-hybridized carbons (Fsp3) is 0.727. The van der Waals surface area contributed by atoms with Crippen LogP contribution in [0.15, 0.2) is 0 Å². The number of nitrogens with zero attached hydrogens (tertiary/aromatic N) is 1. The zero-order valence-electron chi connectivity index (χ0n) is 10.4. The number of hydrogen-bond donors (Lipinski definition) is 3. The van der Waals surface area contributed by atoms with Gasteiger partial charge in [0.2, 0.25) is 11.8 Å². The van der Waals surface area contributed by atoms with E-state index < -0.39 is 12.0 Å². The van der Waals surface area contributed by atoms with Crippen molar-refractivity contribution in [2.45, 2.75) is 25.8 Å². The number of piperidine rings is 1. The molecule has 0 aromatic carbocycles. The zero-order valence-corrected chi connectivity index (χ0v) is 10.4. The number of hydrogen-bond acceptors (Lipinski definition) is 4. The average Bonchev–Trinajstić information content (AvgIpc) is 2.35. The number of carbonyl (C=O) groups excluding carboxylic acids is 2. The summed E-state index contributed by atoms with van der Waals surface area (Å²) in [6.45, 7) is 2.35. The molecule has 2 amide bonds. The summed E-state index contributed by atoms with van der Waals surface area (Å²) in [7, 11) is 0. The summed E-state index contributed by atoms with van der Waals surface area (Å²) in [5.41, 5.74) is 5.22. The van der Waals surface area contributed by atoms with Gasteiger partial charge in [-0.05, 0) is 19.8 Å². The molecule has 0 saturated carbocycles. The third kappa shape index (κ3) is 3.99. The molecule has 0 aliphatic carbocycles. The maximum atomic E-state index is 11.8. The Morgan fingerprint density at radius 1 is 1.50 bits per heavy atom. The van der Waals surface area contributed by atoms with Crippen molar-refractivity contribution in [1.29, 1.82) is 0 Å². The van der Waals surface area contributed by atoms with Crippen LogP contribution < -0.4 is 11.1 Å². The van der Waals surface area contributed by atoms with Crippen LogP contribution in [-0.4, -0.2) is 53.5 Å². The second kappa shape index (κ2) is 6.34. The topological polar surface area (TPSA) is 113 Å². The summed E-state index contributed by atoms with van der Waals surface area (Å²) in [6.07, 6.45) is 1.45. The summed E-state index contributed by atoms with van der Waals surface area (Å²) in [6, 6.07) is -0.773. The van der Waals surface area contributed by atoms with E-state index in [-0.39, 0.29) is 24.3 Å². The highest BCUT2D eigenvalue weighted by molar-refractivity contribution is 5.82. The number of rotatable bonds is 5. The molecule has 0 aromatic rings. The van der Waals surface area contributed by atoms with Crippen LogP contribution in [0.5, 0.6) is 0 Å². The molecule has 1 rings (SSSR count). The summed E-state index contributed by atoms with van der Waals surface area (Å²) in [5, 5.41) is 11.3. The normalized spacial score (nSPS) is 21.4. The maximum Gasteiger partial charge on any atom is 0.320 e. The van der Waals surface area contributed by atoms with Crippen LogP contribution in [0.4, 0.5) is 0 Å². The molecule has 2 atom stereocenters. The molecule has 0 spiro atoms. The predicted octanol–water partition coefficient (Wildman–Crippen LogP) is -1.23. The van der Waals surface area contributed by atoms with Crippen LogP contribution in [0, 0.1) is 5.92 Å². The third-order valence-electron chi connectivity index (χ3n) is 3.11. The Hall–Kier alpha value is -1.63. The lowest BCUT2D eigenvalue weighted by Crippen LogP contribution is -2.48. The number of nitrogens with two attached hydrogens (primary N) is 1. The van der Waals surface area contributed by atoms with E-state index in [1.165, 1.54) is 6.92 Å². The smallest absolute Gasteiger partial charge is 0.320 e. The summed E-state index contributed by atoms with van der Waals surface area (Å²) in [4.78, 5) is 35.0. The predicted molar refractivity (Wildman–Crippen MR) is 63.6 cm³/mol. The first-order valence-corrected chi connectivity index (χ1v) is 5.95. The van der Waals surface area contributed by atoms with Crippen LogP contribution in [0.1, 0.15) is 19.8 Å². The minimum atomic E-state index is -1.00. The molecule has 1 aliphatic rings. The summed E-state index contributed by atoms with van der Waals surface area (Å²) in [5.74, 6) is -1.88. The quantitative estimate of drug-likeness (QED) is 0.571. The van der Waals surface area contributed by atoms with Gasteiger partial charge in [-0.1, -0.05) is 0 Å². The molecule has 0 bridgehead atoms. The van der Waals surface area contributed by atoms with Gasteiger partial charge in [-0.3, -0.25) is 19.7 Å². The Morgan fingerprint density at radius 2 is 2.17 bits per heavy atom. The molecular formula is C11H19N3O4. The van der Waals surface area contributed by atoms with E-state index in [4.69, 9.17) is 10.8 Å². The van der Waals surface area contributed by atoms with E-state index in [2.05, 4.69) is 5.32 Å². The van der Waals surface area contributed by atoms with E-state index in [0.29, 0.717) is 19.5 Å². The van der Waals surface area contributed by atoms with Gasteiger partial charge < -0.3 is 15.7 Å². The fourth-order valence-electron chi connectivity index (χ4n) is 1.88. The van der Waals surface area contributed by atoms with Crippen LogP contribution in [0.2, 0.25) is 0 Å². The SMILES string of the molecule is C[C@@H](NCC(=O)N1CCCC(C(N)=O)C1)C(=O)O. The number of aliphatic carboxylic acids is 1. The zero-order chi connectivity index (χ0) is 13.7. The van der Waals surface area contributed by atoms with Gasteiger partial charge >= 0.3 is 5.97 Å². The first kappa shape index (κ1) is 14.4. The molecule has 1 heterocycles. The highest BCUT2D eigenvalue weighted by Gasteiger charge is 2.27. The molecule has 0 radical (unpaired) electrons. The lowest BCUT2D eigenvalue weighted by molar-refractivity contribution is -0.139. The minimum Gasteiger partial charge on any atom is -0.480 e. The summed E-state index contributed by atoms with van der Waals surface area (Å²) >= 11 is 0. The molecule has 0 aromatic heterocycles. The Morgan fingerprint density at radius 3 is 2.72 bits per heavy atom. The number of amides is 2. The van der Waals surface area contributed by atoms with Crippen molar-refractivity contribution < 1.29 is 19.5 Å². The monoisotopic (exact) mass is 257 g/mol. The van der Waals surface area contributed by atoms with Crippen LogP contribution in [0.25, 0.3) is 0 Å². The van der Waals surface area contributed by atoms with E-state index >= 15 is 0 Å². The van der Waals surface area contributed by atoms with Gasteiger partial charge in [0, 0.05) is 13.1 Å². The van der Waals surface area contributed by atoms with Crippen molar-refractivity contribution in [3.05, 3.63) is 0 Å². The number of nitrogens with one attached hydrogen (secondary N) is 1. The van der Waals surface area contributed by atoms with Crippen molar-refractivity contribution in [3.63, 3.8) is 0 Å². The summed E-state index contributed by atoms with van der Waals surface area (Å²) < 4.78 is 0. The maximum absolute atomic E-state index is 11.8. The molecule has 18 heavy (non-hydrogen) atoms. The fourth-order valence-corrected chi connectivity index (χ4v) is 1.88. The van der Waals surface area contributed by atoms with Crippen molar-refractivity contribution >= 4 is 17.8 Å². The van der Waals surface area contributed by atoms with Crippen molar-refractivity contribution in [2.24, 2.45) is 11.7 Å². The third-order valence-corrected chi connectivity index (χ3v) is 3.11. The highest BCUT2D eigenvalue weighted by atomic mass is 16.4. The minimum absolute atomic E-state index is 0.0427. The Labute approximate surface area is 105 Å².